The second kappa shape index (κ2) is 4.44. The molecule has 0 radical (unpaired) electrons. The van der Waals surface area contributed by atoms with Gasteiger partial charge in [-0.2, -0.15) is 0 Å². The second-order valence-corrected chi connectivity index (χ2v) is 5.34. The number of imidazole rings is 1. The van der Waals surface area contributed by atoms with Crippen molar-refractivity contribution in [2.45, 2.75) is 19.4 Å². The first-order valence-corrected chi connectivity index (χ1v) is 7.03. The van der Waals surface area contributed by atoms with Gasteiger partial charge in [-0.15, -0.1) is 0 Å². The van der Waals surface area contributed by atoms with Crippen molar-refractivity contribution in [2.75, 3.05) is 12.3 Å². The van der Waals surface area contributed by atoms with E-state index in [1.807, 2.05) is 29.2 Å². The number of H-pyrrole nitrogens is 1. The summed E-state index contributed by atoms with van der Waals surface area (Å²) in [7, 11) is 0. The van der Waals surface area contributed by atoms with E-state index in [0.29, 0.717) is 18.8 Å². The predicted octanol–water partition coefficient (Wildman–Crippen LogP) is 1.82. The molecule has 0 aliphatic carbocycles. The standard InChI is InChI=1S/C15H15N5O/c16-15-14-13(9-4-1-2-5-10(9)17-15)18-11(19-14)8-20-7-3-6-12(20)21/h1-2,4-5H,3,6-8H2,(H2,16,17)(H,18,19). The van der Waals surface area contributed by atoms with Crippen LogP contribution in [0.2, 0.25) is 0 Å². The molecule has 1 aliphatic heterocycles. The van der Waals surface area contributed by atoms with Crippen molar-refractivity contribution in [1.82, 2.24) is 19.9 Å². The first-order valence-electron chi connectivity index (χ1n) is 7.03. The maximum absolute atomic E-state index is 11.7. The molecule has 6 heteroatoms. The Kier molecular flexibility index (Phi) is 2.57. The molecule has 0 spiro atoms. The monoisotopic (exact) mass is 281 g/mol. The highest BCUT2D eigenvalue weighted by atomic mass is 16.2. The number of anilines is 1. The van der Waals surface area contributed by atoms with Gasteiger partial charge in [0.05, 0.1) is 12.1 Å². The number of carbonyl (C=O) groups excluding carboxylic acids is 1. The van der Waals surface area contributed by atoms with E-state index < -0.39 is 0 Å². The molecule has 3 N–H and O–H groups in total. The maximum Gasteiger partial charge on any atom is 0.223 e. The third-order valence-electron chi connectivity index (χ3n) is 3.92. The number of fused-ring (bicyclic) bond motifs is 3. The lowest BCUT2D eigenvalue weighted by Gasteiger charge is -2.12. The van der Waals surface area contributed by atoms with E-state index in [1.54, 1.807) is 0 Å². The van der Waals surface area contributed by atoms with E-state index in [9.17, 15) is 4.79 Å². The molecule has 0 unspecified atom stereocenters. The number of para-hydroxylation sites is 1. The van der Waals surface area contributed by atoms with Crippen LogP contribution in [-0.4, -0.2) is 32.3 Å². The smallest absolute Gasteiger partial charge is 0.223 e. The van der Waals surface area contributed by atoms with Crippen molar-refractivity contribution >= 4 is 33.7 Å². The zero-order chi connectivity index (χ0) is 14.4. The van der Waals surface area contributed by atoms with Gasteiger partial charge < -0.3 is 15.6 Å². The first kappa shape index (κ1) is 12.1. The van der Waals surface area contributed by atoms with E-state index in [-0.39, 0.29) is 5.91 Å². The lowest BCUT2D eigenvalue weighted by atomic mass is 10.2. The molecule has 1 aromatic carbocycles. The number of rotatable bonds is 2. The largest absolute Gasteiger partial charge is 0.382 e. The van der Waals surface area contributed by atoms with Gasteiger partial charge in [-0.05, 0) is 12.5 Å². The second-order valence-electron chi connectivity index (χ2n) is 5.34. The topological polar surface area (TPSA) is 87.9 Å². The van der Waals surface area contributed by atoms with E-state index in [4.69, 9.17) is 5.73 Å². The molecule has 21 heavy (non-hydrogen) atoms. The molecule has 3 aromatic rings. The molecule has 0 atom stereocenters. The van der Waals surface area contributed by atoms with Crippen molar-refractivity contribution in [1.29, 1.82) is 0 Å². The van der Waals surface area contributed by atoms with Crippen LogP contribution >= 0.6 is 0 Å². The van der Waals surface area contributed by atoms with Crippen LogP contribution in [0, 0.1) is 0 Å². The molecule has 1 amide bonds. The fraction of sp³-hybridized carbons (Fsp3) is 0.267. The maximum atomic E-state index is 11.7. The molecular formula is C15H15N5O. The summed E-state index contributed by atoms with van der Waals surface area (Å²) in [4.78, 5) is 25.8. The highest BCUT2D eigenvalue weighted by Gasteiger charge is 2.22. The van der Waals surface area contributed by atoms with Gasteiger partial charge in [0.15, 0.2) is 0 Å². The van der Waals surface area contributed by atoms with Crippen molar-refractivity contribution in [3.63, 3.8) is 0 Å². The van der Waals surface area contributed by atoms with Gasteiger partial charge in [0.2, 0.25) is 5.91 Å². The van der Waals surface area contributed by atoms with E-state index in [1.165, 1.54) is 0 Å². The number of aromatic nitrogens is 3. The molecule has 4 rings (SSSR count). The number of nitrogens with two attached hydrogens (primary N) is 1. The van der Waals surface area contributed by atoms with E-state index in [2.05, 4.69) is 15.0 Å². The Hall–Kier alpha value is -2.63. The average molecular weight is 281 g/mol. The van der Waals surface area contributed by atoms with E-state index in [0.717, 1.165) is 40.7 Å². The highest BCUT2D eigenvalue weighted by Crippen LogP contribution is 2.26. The van der Waals surface area contributed by atoms with Gasteiger partial charge in [-0.1, -0.05) is 18.2 Å². The molecular weight excluding hydrogens is 266 g/mol. The Morgan fingerprint density at radius 2 is 2.14 bits per heavy atom. The Bertz CT molecular complexity index is 854. The van der Waals surface area contributed by atoms with Crippen molar-refractivity contribution in [2.24, 2.45) is 0 Å². The normalized spacial score (nSPS) is 15.4. The number of nitrogen functional groups attached to an aromatic ring is 1. The zero-order valence-corrected chi connectivity index (χ0v) is 11.5. The molecule has 6 nitrogen and oxygen atoms in total. The summed E-state index contributed by atoms with van der Waals surface area (Å²) in [5.74, 6) is 1.38. The molecule has 0 bridgehead atoms. The fourth-order valence-corrected chi connectivity index (χ4v) is 2.89. The fourth-order valence-electron chi connectivity index (χ4n) is 2.89. The first-order chi connectivity index (χ1) is 10.2. The van der Waals surface area contributed by atoms with Crippen LogP contribution in [0.15, 0.2) is 24.3 Å². The zero-order valence-electron chi connectivity index (χ0n) is 11.5. The number of hydrogen-bond donors (Lipinski definition) is 2. The Morgan fingerprint density at radius 3 is 2.95 bits per heavy atom. The molecule has 106 valence electrons. The minimum atomic E-state index is 0.186. The van der Waals surface area contributed by atoms with Crippen molar-refractivity contribution < 1.29 is 4.79 Å². The number of pyridine rings is 1. The number of hydrogen-bond acceptors (Lipinski definition) is 4. The van der Waals surface area contributed by atoms with E-state index >= 15 is 0 Å². The van der Waals surface area contributed by atoms with Gasteiger partial charge in [0.25, 0.3) is 0 Å². The molecule has 1 saturated heterocycles. The Morgan fingerprint density at radius 1 is 1.29 bits per heavy atom. The minimum absolute atomic E-state index is 0.186. The summed E-state index contributed by atoms with van der Waals surface area (Å²) in [6, 6.07) is 7.79. The van der Waals surface area contributed by atoms with Crippen LogP contribution in [0.25, 0.3) is 21.9 Å². The number of likely N-dealkylation sites (tertiary alicyclic amines) is 1. The summed E-state index contributed by atoms with van der Waals surface area (Å²) < 4.78 is 0. The Labute approximate surface area is 121 Å². The number of nitrogens with zero attached hydrogens (tertiary/aromatic N) is 3. The third kappa shape index (κ3) is 1.91. The SMILES string of the molecule is Nc1nc2ccccc2c2nc(CN3CCCC3=O)[nH]c12. The summed E-state index contributed by atoms with van der Waals surface area (Å²) >= 11 is 0. The predicted molar refractivity (Wildman–Crippen MR) is 80.5 cm³/mol. The lowest BCUT2D eigenvalue weighted by Crippen LogP contribution is -2.24. The minimum Gasteiger partial charge on any atom is -0.382 e. The molecule has 1 fully saturated rings. The molecule has 0 saturated carbocycles. The molecule has 3 heterocycles. The highest BCUT2D eigenvalue weighted by molar-refractivity contribution is 6.06. The third-order valence-corrected chi connectivity index (χ3v) is 3.92. The number of amides is 1. The van der Waals surface area contributed by atoms with Gasteiger partial charge >= 0.3 is 0 Å². The van der Waals surface area contributed by atoms with Crippen LogP contribution in [-0.2, 0) is 11.3 Å². The Balaban J connectivity index is 1.83. The van der Waals surface area contributed by atoms with Crippen LogP contribution in [0.3, 0.4) is 0 Å². The summed E-state index contributed by atoms with van der Waals surface area (Å²) in [5.41, 5.74) is 8.40. The quantitative estimate of drug-likeness (QED) is 0.750. The lowest BCUT2D eigenvalue weighted by molar-refractivity contribution is -0.128. The van der Waals surface area contributed by atoms with Gasteiger partial charge in [0.1, 0.15) is 22.7 Å². The van der Waals surface area contributed by atoms with Gasteiger partial charge in [-0.25, -0.2) is 9.97 Å². The average Bonchev–Trinajstić information content (AvgIpc) is 3.07. The number of aromatic amines is 1. The summed E-state index contributed by atoms with van der Waals surface area (Å²) in [5, 5.41) is 0.969. The van der Waals surface area contributed by atoms with Crippen LogP contribution in [0.5, 0.6) is 0 Å². The summed E-state index contributed by atoms with van der Waals surface area (Å²) in [6.45, 7) is 1.30. The molecule has 2 aromatic heterocycles. The van der Waals surface area contributed by atoms with Crippen LogP contribution < -0.4 is 5.73 Å². The van der Waals surface area contributed by atoms with Gasteiger partial charge in [0, 0.05) is 18.4 Å². The van der Waals surface area contributed by atoms with Crippen molar-refractivity contribution in [3.05, 3.63) is 30.1 Å². The molecule has 1 aliphatic rings. The van der Waals surface area contributed by atoms with Gasteiger partial charge in [-0.3, -0.25) is 4.79 Å². The number of nitrogens with one attached hydrogen (secondary N) is 1. The number of carbonyl (C=O) groups is 1. The summed E-state index contributed by atoms with van der Waals surface area (Å²) in [6.07, 6.45) is 1.55. The van der Waals surface area contributed by atoms with Crippen LogP contribution in [0.4, 0.5) is 5.82 Å². The van der Waals surface area contributed by atoms with Crippen LogP contribution in [0.1, 0.15) is 18.7 Å². The number of benzene rings is 1. The van der Waals surface area contributed by atoms with Crippen molar-refractivity contribution in [3.8, 4) is 0 Å².